The van der Waals surface area contributed by atoms with E-state index in [4.69, 9.17) is 9.15 Å². The van der Waals surface area contributed by atoms with Crippen molar-refractivity contribution in [2.45, 2.75) is 18.6 Å². The number of halogens is 1. The molecule has 4 rings (SSSR count). The minimum atomic E-state index is -0.353. The molecule has 9 heteroatoms. The summed E-state index contributed by atoms with van der Waals surface area (Å²) in [5, 5.41) is 12.7. The van der Waals surface area contributed by atoms with Gasteiger partial charge in [0.2, 0.25) is 11.7 Å². The summed E-state index contributed by atoms with van der Waals surface area (Å²) in [6, 6.07) is 13.2. The normalized spacial score (nSPS) is 11.0. The summed E-state index contributed by atoms with van der Waals surface area (Å²) in [6.07, 6.45) is 0. The van der Waals surface area contributed by atoms with Crippen LogP contribution in [0.5, 0.6) is 5.75 Å². The Kier molecular flexibility index (Phi) is 5.71. The predicted molar refractivity (Wildman–Crippen MR) is 113 cm³/mol. The van der Waals surface area contributed by atoms with Crippen molar-refractivity contribution >= 4 is 34.3 Å². The SMILES string of the molecule is CCn1c(SCC(=O)Nc2ccc(F)cc2)nnc1-c1cc2cccc(OC)c2o1. The maximum atomic E-state index is 13.0. The van der Waals surface area contributed by atoms with Gasteiger partial charge in [0.25, 0.3) is 0 Å². The fourth-order valence-electron chi connectivity index (χ4n) is 3.03. The number of rotatable bonds is 7. The summed E-state index contributed by atoms with van der Waals surface area (Å²) >= 11 is 1.27. The quantitative estimate of drug-likeness (QED) is 0.435. The van der Waals surface area contributed by atoms with E-state index in [2.05, 4.69) is 15.5 Å². The Morgan fingerprint density at radius 3 is 2.77 bits per heavy atom. The number of methoxy groups -OCH3 is 1. The van der Waals surface area contributed by atoms with Crippen LogP contribution in [-0.4, -0.2) is 33.5 Å². The highest BCUT2D eigenvalue weighted by Gasteiger charge is 2.19. The lowest BCUT2D eigenvalue weighted by molar-refractivity contribution is -0.113. The third kappa shape index (κ3) is 4.02. The Morgan fingerprint density at radius 2 is 2.03 bits per heavy atom. The number of nitrogens with zero attached hydrogens (tertiary/aromatic N) is 3. The third-order valence-electron chi connectivity index (χ3n) is 4.44. The summed E-state index contributed by atoms with van der Waals surface area (Å²) in [5.74, 6) is 1.38. The number of anilines is 1. The summed E-state index contributed by atoms with van der Waals surface area (Å²) in [7, 11) is 1.59. The van der Waals surface area contributed by atoms with Gasteiger partial charge in [-0.15, -0.1) is 10.2 Å². The third-order valence-corrected chi connectivity index (χ3v) is 5.41. The number of hydrogen-bond acceptors (Lipinski definition) is 6. The first-order chi connectivity index (χ1) is 14.6. The van der Waals surface area contributed by atoms with Crippen molar-refractivity contribution in [3.05, 3.63) is 54.3 Å². The van der Waals surface area contributed by atoms with Crippen LogP contribution in [0.1, 0.15) is 6.92 Å². The molecule has 154 valence electrons. The van der Waals surface area contributed by atoms with Gasteiger partial charge in [-0.2, -0.15) is 0 Å². The largest absolute Gasteiger partial charge is 0.493 e. The number of benzene rings is 2. The first kappa shape index (κ1) is 20.0. The molecule has 0 aliphatic carbocycles. The van der Waals surface area contributed by atoms with Crippen LogP contribution in [0.15, 0.2) is 58.1 Å². The van der Waals surface area contributed by atoms with Crippen molar-refractivity contribution in [1.82, 2.24) is 14.8 Å². The number of carbonyl (C=O) groups excluding carboxylic acids is 1. The lowest BCUT2D eigenvalue weighted by atomic mass is 10.2. The summed E-state index contributed by atoms with van der Waals surface area (Å²) in [6.45, 7) is 2.58. The van der Waals surface area contributed by atoms with E-state index in [1.165, 1.54) is 36.0 Å². The van der Waals surface area contributed by atoms with Crippen molar-refractivity contribution in [3.63, 3.8) is 0 Å². The van der Waals surface area contributed by atoms with Crippen LogP contribution in [0.25, 0.3) is 22.6 Å². The molecule has 0 saturated carbocycles. The summed E-state index contributed by atoms with van der Waals surface area (Å²) in [5.41, 5.74) is 1.18. The molecule has 1 N–H and O–H groups in total. The van der Waals surface area contributed by atoms with Gasteiger partial charge in [-0.1, -0.05) is 23.9 Å². The maximum Gasteiger partial charge on any atom is 0.234 e. The Bertz CT molecular complexity index is 1190. The van der Waals surface area contributed by atoms with Gasteiger partial charge in [0.1, 0.15) is 5.82 Å². The Hall–Kier alpha value is -3.33. The fraction of sp³-hybridized carbons (Fsp3) is 0.190. The van der Waals surface area contributed by atoms with E-state index in [9.17, 15) is 9.18 Å². The van der Waals surface area contributed by atoms with E-state index >= 15 is 0 Å². The molecule has 7 nitrogen and oxygen atoms in total. The molecule has 0 saturated heterocycles. The average molecular weight is 426 g/mol. The molecule has 0 fully saturated rings. The zero-order valence-electron chi connectivity index (χ0n) is 16.4. The first-order valence-corrected chi connectivity index (χ1v) is 10.3. The van der Waals surface area contributed by atoms with Crippen LogP contribution in [0.2, 0.25) is 0 Å². The highest BCUT2D eigenvalue weighted by molar-refractivity contribution is 7.99. The van der Waals surface area contributed by atoms with E-state index in [0.717, 1.165) is 5.39 Å². The number of para-hydroxylation sites is 1. The van der Waals surface area contributed by atoms with Crippen molar-refractivity contribution in [2.24, 2.45) is 0 Å². The number of amides is 1. The summed E-state index contributed by atoms with van der Waals surface area (Å²) in [4.78, 5) is 12.2. The van der Waals surface area contributed by atoms with Gasteiger partial charge >= 0.3 is 0 Å². The van der Waals surface area contributed by atoms with Crippen LogP contribution >= 0.6 is 11.8 Å². The van der Waals surface area contributed by atoms with Gasteiger partial charge in [0.05, 0.1) is 12.9 Å². The predicted octanol–water partition coefficient (Wildman–Crippen LogP) is 4.59. The molecule has 0 spiro atoms. The summed E-state index contributed by atoms with van der Waals surface area (Å²) < 4.78 is 26.2. The minimum absolute atomic E-state index is 0.142. The van der Waals surface area contributed by atoms with Crippen LogP contribution in [0.4, 0.5) is 10.1 Å². The molecule has 0 aliphatic heterocycles. The number of hydrogen-bond donors (Lipinski definition) is 1. The first-order valence-electron chi connectivity index (χ1n) is 9.27. The molecule has 0 radical (unpaired) electrons. The van der Waals surface area contributed by atoms with Crippen LogP contribution in [-0.2, 0) is 11.3 Å². The number of furan rings is 1. The van der Waals surface area contributed by atoms with Gasteiger partial charge in [0, 0.05) is 17.6 Å². The van der Waals surface area contributed by atoms with Crippen LogP contribution in [0, 0.1) is 5.82 Å². The van der Waals surface area contributed by atoms with E-state index in [0.29, 0.717) is 40.3 Å². The molecule has 0 bridgehead atoms. The van der Waals surface area contributed by atoms with Crippen molar-refractivity contribution in [3.8, 4) is 17.3 Å². The van der Waals surface area contributed by atoms with Gasteiger partial charge < -0.3 is 14.5 Å². The lowest BCUT2D eigenvalue weighted by Crippen LogP contribution is -2.14. The Labute approximate surface area is 176 Å². The molecular weight excluding hydrogens is 407 g/mol. The number of nitrogens with one attached hydrogen (secondary N) is 1. The van der Waals surface area contributed by atoms with Crippen LogP contribution in [0.3, 0.4) is 0 Å². The average Bonchev–Trinajstić information content (AvgIpc) is 3.37. The van der Waals surface area contributed by atoms with Crippen molar-refractivity contribution in [1.29, 1.82) is 0 Å². The molecule has 2 heterocycles. The molecule has 0 unspecified atom stereocenters. The molecule has 0 atom stereocenters. The number of ether oxygens (including phenoxy) is 1. The second-order valence-corrected chi connectivity index (χ2v) is 7.33. The molecular formula is C21H19FN4O3S. The zero-order valence-corrected chi connectivity index (χ0v) is 17.2. The van der Waals surface area contributed by atoms with Gasteiger partial charge in [-0.25, -0.2) is 4.39 Å². The maximum absolute atomic E-state index is 13.0. The zero-order chi connectivity index (χ0) is 21.1. The van der Waals surface area contributed by atoms with E-state index in [-0.39, 0.29) is 17.5 Å². The van der Waals surface area contributed by atoms with Gasteiger partial charge in [-0.3, -0.25) is 9.36 Å². The minimum Gasteiger partial charge on any atom is -0.493 e. The highest BCUT2D eigenvalue weighted by Crippen LogP contribution is 2.33. The molecule has 2 aromatic heterocycles. The monoisotopic (exact) mass is 426 g/mol. The van der Waals surface area contributed by atoms with Gasteiger partial charge in [-0.05, 0) is 43.3 Å². The molecule has 1 amide bonds. The lowest BCUT2D eigenvalue weighted by Gasteiger charge is -2.07. The number of thioether (sulfide) groups is 1. The molecule has 4 aromatic rings. The molecule has 2 aromatic carbocycles. The van der Waals surface area contributed by atoms with E-state index in [1.54, 1.807) is 7.11 Å². The van der Waals surface area contributed by atoms with Crippen LogP contribution < -0.4 is 10.1 Å². The Morgan fingerprint density at radius 1 is 1.23 bits per heavy atom. The van der Waals surface area contributed by atoms with Gasteiger partial charge in [0.15, 0.2) is 22.2 Å². The number of aromatic nitrogens is 3. The standard InChI is InChI=1S/C21H19FN4O3S/c1-3-26-20(17-11-13-5-4-6-16(28-2)19(13)29-17)24-25-21(26)30-12-18(27)23-15-9-7-14(22)8-10-15/h4-11H,3,12H2,1-2H3,(H,23,27). The number of fused-ring (bicyclic) bond motifs is 1. The van der Waals surface area contributed by atoms with E-state index < -0.39 is 0 Å². The fourth-order valence-corrected chi connectivity index (χ4v) is 3.83. The Balaban J connectivity index is 1.51. The molecule has 0 aliphatic rings. The smallest absolute Gasteiger partial charge is 0.234 e. The molecule has 30 heavy (non-hydrogen) atoms. The highest BCUT2D eigenvalue weighted by atomic mass is 32.2. The van der Waals surface area contributed by atoms with E-state index in [1.807, 2.05) is 35.8 Å². The topological polar surface area (TPSA) is 82.2 Å². The van der Waals surface area contributed by atoms with Crippen molar-refractivity contribution in [2.75, 3.05) is 18.2 Å². The second-order valence-electron chi connectivity index (χ2n) is 6.38. The van der Waals surface area contributed by atoms with Crippen molar-refractivity contribution < 1.29 is 18.3 Å². The second kappa shape index (κ2) is 8.58. The number of carbonyl (C=O) groups is 1.